The van der Waals surface area contributed by atoms with Crippen molar-refractivity contribution in [3.8, 4) is 6.07 Å². The van der Waals surface area contributed by atoms with Crippen molar-refractivity contribution in [2.45, 2.75) is 37.8 Å². The second kappa shape index (κ2) is 7.58. The van der Waals surface area contributed by atoms with E-state index in [9.17, 15) is 4.39 Å². The molecule has 1 heterocycles. The van der Waals surface area contributed by atoms with E-state index in [1.165, 1.54) is 11.8 Å². The summed E-state index contributed by atoms with van der Waals surface area (Å²) >= 11 is 0. The lowest BCUT2D eigenvalue weighted by Gasteiger charge is -2.37. The van der Waals surface area contributed by atoms with E-state index in [2.05, 4.69) is 28.9 Å². The summed E-state index contributed by atoms with van der Waals surface area (Å²) in [6, 6.07) is 7.48. The molecule has 140 valence electrons. The van der Waals surface area contributed by atoms with Crippen LogP contribution in [0.2, 0.25) is 0 Å². The number of hydrogen-bond donors (Lipinski definition) is 3. The van der Waals surface area contributed by atoms with Gasteiger partial charge in [-0.1, -0.05) is 18.2 Å². The molecule has 2 unspecified atom stereocenters. The van der Waals surface area contributed by atoms with E-state index in [0.29, 0.717) is 18.0 Å². The fourth-order valence-corrected chi connectivity index (χ4v) is 4.28. The van der Waals surface area contributed by atoms with E-state index in [1.807, 2.05) is 12.3 Å². The number of nitrogens with zero attached hydrogens (tertiary/aromatic N) is 1. The molecule has 1 aromatic rings. The monoisotopic (exact) mass is 364 g/mol. The van der Waals surface area contributed by atoms with Crippen molar-refractivity contribution >= 4 is 5.57 Å². The zero-order valence-corrected chi connectivity index (χ0v) is 15.3. The van der Waals surface area contributed by atoms with Gasteiger partial charge in [0.25, 0.3) is 0 Å². The van der Waals surface area contributed by atoms with Gasteiger partial charge in [-0.3, -0.25) is 0 Å². The average Bonchev–Trinajstić information content (AvgIpc) is 2.70. The SMILES string of the molecule is N#Cc1cc(C2=CC3C=CNCC3C(N[C@H]3CC[C@H](N)CC3)=C2)ccc1F. The summed E-state index contributed by atoms with van der Waals surface area (Å²) in [6.45, 7) is 0.892. The molecule has 4 nitrogen and oxygen atoms in total. The summed E-state index contributed by atoms with van der Waals surface area (Å²) in [4.78, 5) is 0. The second-order valence-electron chi connectivity index (χ2n) is 7.74. The van der Waals surface area contributed by atoms with Crippen LogP contribution in [0.5, 0.6) is 0 Å². The molecule has 1 saturated carbocycles. The van der Waals surface area contributed by atoms with E-state index < -0.39 is 5.82 Å². The number of fused-ring (bicyclic) bond motifs is 1. The summed E-state index contributed by atoms with van der Waals surface area (Å²) in [7, 11) is 0. The van der Waals surface area contributed by atoms with E-state index in [0.717, 1.165) is 43.4 Å². The van der Waals surface area contributed by atoms with E-state index in [4.69, 9.17) is 11.0 Å². The number of halogens is 1. The first kappa shape index (κ1) is 17.8. The van der Waals surface area contributed by atoms with Crippen molar-refractivity contribution in [2.24, 2.45) is 17.6 Å². The number of rotatable bonds is 3. The highest BCUT2D eigenvalue weighted by Gasteiger charge is 2.30. The van der Waals surface area contributed by atoms with E-state index >= 15 is 0 Å². The molecule has 0 spiro atoms. The number of hydrogen-bond acceptors (Lipinski definition) is 4. The minimum Gasteiger partial charge on any atom is -0.390 e. The lowest BCUT2D eigenvalue weighted by Crippen LogP contribution is -2.42. The Kier molecular flexibility index (Phi) is 5.00. The fourth-order valence-electron chi connectivity index (χ4n) is 4.28. The van der Waals surface area contributed by atoms with Gasteiger partial charge < -0.3 is 16.4 Å². The van der Waals surface area contributed by atoms with Gasteiger partial charge in [-0.2, -0.15) is 5.26 Å². The third-order valence-corrected chi connectivity index (χ3v) is 5.88. The summed E-state index contributed by atoms with van der Waals surface area (Å²) in [5.74, 6) is 0.179. The van der Waals surface area contributed by atoms with Crippen LogP contribution in [-0.2, 0) is 0 Å². The lowest BCUT2D eigenvalue weighted by atomic mass is 9.79. The van der Waals surface area contributed by atoms with Gasteiger partial charge in [-0.15, -0.1) is 0 Å². The van der Waals surface area contributed by atoms with Crippen LogP contribution in [-0.4, -0.2) is 18.6 Å². The van der Waals surface area contributed by atoms with Crippen LogP contribution < -0.4 is 16.4 Å². The van der Waals surface area contributed by atoms with Gasteiger partial charge in [0.15, 0.2) is 0 Å². The Morgan fingerprint density at radius 1 is 1.22 bits per heavy atom. The van der Waals surface area contributed by atoms with Gasteiger partial charge in [0.1, 0.15) is 11.9 Å². The van der Waals surface area contributed by atoms with E-state index in [-0.39, 0.29) is 11.5 Å². The molecule has 0 radical (unpaired) electrons. The van der Waals surface area contributed by atoms with Gasteiger partial charge in [0.2, 0.25) is 0 Å². The summed E-state index contributed by atoms with van der Waals surface area (Å²) in [5, 5.41) is 16.3. The van der Waals surface area contributed by atoms with Crippen LogP contribution in [0.3, 0.4) is 0 Å². The summed E-state index contributed by atoms with van der Waals surface area (Å²) in [6.07, 6.45) is 12.9. The molecular formula is C22H25FN4. The molecule has 2 aliphatic carbocycles. The van der Waals surface area contributed by atoms with E-state index in [1.54, 1.807) is 12.1 Å². The number of allylic oxidation sites excluding steroid dienone is 4. The summed E-state index contributed by atoms with van der Waals surface area (Å²) < 4.78 is 13.7. The fraction of sp³-hybridized carbons (Fsp3) is 0.409. The average molecular weight is 364 g/mol. The number of nitrogens with two attached hydrogens (primary N) is 1. The first-order valence-electron chi connectivity index (χ1n) is 9.69. The molecule has 0 aromatic heterocycles. The summed E-state index contributed by atoms with van der Waals surface area (Å²) in [5.41, 5.74) is 9.26. The molecule has 0 bridgehead atoms. The Morgan fingerprint density at radius 3 is 2.81 bits per heavy atom. The van der Waals surface area contributed by atoms with Crippen LogP contribution in [0.4, 0.5) is 4.39 Å². The number of benzene rings is 1. The molecule has 5 heteroatoms. The largest absolute Gasteiger partial charge is 0.390 e. The topological polar surface area (TPSA) is 73.9 Å². The Bertz CT molecular complexity index is 840. The Morgan fingerprint density at radius 2 is 2.04 bits per heavy atom. The molecular weight excluding hydrogens is 339 g/mol. The quantitative estimate of drug-likeness (QED) is 0.770. The van der Waals surface area contributed by atoms with Crippen LogP contribution in [0.15, 0.2) is 48.3 Å². The predicted molar refractivity (Wildman–Crippen MR) is 105 cm³/mol. The van der Waals surface area contributed by atoms with Gasteiger partial charge >= 0.3 is 0 Å². The highest BCUT2D eigenvalue weighted by atomic mass is 19.1. The normalized spacial score (nSPS) is 29.7. The Balaban J connectivity index is 1.64. The van der Waals surface area contributed by atoms with Gasteiger partial charge in [-0.05, 0) is 61.2 Å². The van der Waals surface area contributed by atoms with Gasteiger partial charge in [-0.25, -0.2) is 4.39 Å². The standard InChI is InChI=1S/C22H25FN4/c23-21-6-1-14(9-17(21)12-24)16-10-15-7-8-26-13-20(15)22(11-16)27-19-4-2-18(25)3-5-19/h1,6-11,15,18-20,26-27H,2-5,13,25H2/t15?,18-,19-,20?. The van der Waals surface area contributed by atoms with Crippen molar-refractivity contribution < 1.29 is 4.39 Å². The molecule has 2 atom stereocenters. The maximum Gasteiger partial charge on any atom is 0.140 e. The van der Waals surface area contributed by atoms with Crippen molar-refractivity contribution in [3.63, 3.8) is 0 Å². The zero-order valence-electron chi connectivity index (χ0n) is 15.3. The van der Waals surface area contributed by atoms with Crippen LogP contribution in [0.25, 0.3) is 5.57 Å². The smallest absolute Gasteiger partial charge is 0.140 e. The van der Waals surface area contributed by atoms with Crippen molar-refractivity contribution in [1.29, 1.82) is 5.26 Å². The molecule has 1 aliphatic heterocycles. The molecule has 27 heavy (non-hydrogen) atoms. The minimum atomic E-state index is -0.474. The Hall–Kier alpha value is -2.58. The predicted octanol–water partition coefficient (Wildman–Crippen LogP) is 3.19. The number of nitrogens with one attached hydrogen (secondary N) is 2. The highest BCUT2D eigenvalue weighted by Crippen LogP contribution is 2.35. The first-order chi connectivity index (χ1) is 13.1. The van der Waals surface area contributed by atoms with Crippen molar-refractivity contribution in [2.75, 3.05) is 6.54 Å². The van der Waals surface area contributed by atoms with Gasteiger partial charge in [0.05, 0.1) is 5.56 Å². The lowest BCUT2D eigenvalue weighted by molar-refractivity contribution is 0.338. The van der Waals surface area contributed by atoms with Crippen molar-refractivity contribution in [3.05, 3.63) is 65.3 Å². The molecule has 0 saturated heterocycles. The first-order valence-corrected chi connectivity index (χ1v) is 9.69. The van der Waals surface area contributed by atoms with Gasteiger partial charge in [0, 0.05) is 36.2 Å². The third kappa shape index (κ3) is 3.77. The minimum absolute atomic E-state index is 0.0838. The highest BCUT2D eigenvalue weighted by molar-refractivity contribution is 5.77. The maximum atomic E-state index is 13.7. The maximum absolute atomic E-state index is 13.7. The Labute approximate surface area is 159 Å². The molecule has 1 aromatic carbocycles. The molecule has 1 fully saturated rings. The zero-order chi connectivity index (χ0) is 18.8. The third-order valence-electron chi connectivity index (χ3n) is 5.88. The molecule has 4 N–H and O–H groups in total. The molecule has 4 rings (SSSR count). The molecule has 0 amide bonds. The second-order valence-corrected chi connectivity index (χ2v) is 7.74. The van der Waals surface area contributed by atoms with Crippen LogP contribution >= 0.6 is 0 Å². The number of nitriles is 1. The van der Waals surface area contributed by atoms with Crippen LogP contribution in [0, 0.1) is 29.0 Å². The van der Waals surface area contributed by atoms with Crippen LogP contribution in [0.1, 0.15) is 36.8 Å². The van der Waals surface area contributed by atoms with Crippen molar-refractivity contribution in [1.82, 2.24) is 10.6 Å². The molecule has 3 aliphatic rings.